The number of likely N-dealkylation sites (N-methyl/N-ethyl adjacent to an activating group) is 1. The highest BCUT2D eigenvalue weighted by Gasteiger charge is 2.39. The molecule has 0 spiro atoms. The Bertz CT molecular complexity index is 315. The molecule has 0 saturated carbocycles. The summed E-state index contributed by atoms with van der Waals surface area (Å²) in [6.45, 7) is 7.98. The number of rotatable bonds is 7. The van der Waals surface area contributed by atoms with Crippen LogP contribution in [-0.4, -0.2) is 49.2 Å². The minimum Gasteiger partial charge on any atom is -0.329 e. The van der Waals surface area contributed by atoms with Crippen molar-refractivity contribution >= 4 is 10.2 Å². The van der Waals surface area contributed by atoms with Gasteiger partial charge >= 0.3 is 0 Å². The Morgan fingerprint density at radius 1 is 1.18 bits per heavy atom. The van der Waals surface area contributed by atoms with E-state index in [-0.39, 0.29) is 6.04 Å². The molecule has 0 heterocycles. The highest BCUT2D eigenvalue weighted by Crippen LogP contribution is 2.26. The third-order valence-electron chi connectivity index (χ3n) is 3.80. The molecule has 0 aliphatic heterocycles. The fourth-order valence-electron chi connectivity index (χ4n) is 1.82. The number of hydrogen-bond acceptors (Lipinski definition) is 3. The quantitative estimate of drug-likeness (QED) is 0.747. The Hall–Kier alpha value is -0.170. The van der Waals surface area contributed by atoms with E-state index in [1.165, 1.54) is 8.61 Å². The van der Waals surface area contributed by atoms with Gasteiger partial charge < -0.3 is 5.73 Å². The molecular formula is C11H27N3O2S. The molecule has 5 nitrogen and oxygen atoms in total. The van der Waals surface area contributed by atoms with Crippen LogP contribution in [0.2, 0.25) is 0 Å². The molecule has 2 N–H and O–H groups in total. The third kappa shape index (κ3) is 3.19. The Balaban J connectivity index is 5.34. The van der Waals surface area contributed by atoms with E-state index in [4.69, 9.17) is 5.73 Å². The van der Waals surface area contributed by atoms with E-state index in [9.17, 15) is 8.42 Å². The summed E-state index contributed by atoms with van der Waals surface area (Å²) < 4.78 is 27.6. The summed E-state index contributed by atoms with van der Waals surface area (Å²) in [5.74, 6) is 0. The maximum atomic E-state index is 12.4. The summed E-state index contributed by atoms with van der Waals surface area (Å²) in [6.07, 6.45) is 1.42. The van der Waals surface area contributed by atoms with E-state index in [1.807, 2.05) is 27.7 Å². The molecule has 0 aliphatic rings. The zero-order valence-electron chi connectivity index (χ0n) is 11.9. The van der Waals surface area contributed by atoms with Gasteiger partial charge in [0.1, 0.15) is 0 Å². The zero-order valence-corrected chi connectivity index (χ0v) is 12.7. The van der Waals surface area contributed by atoms with E-state index in [0.29, 0.717) is 19.4 Å². The van der Waals surface area contributed by atoms with E-state index >= 15 is 0 Å². The summed E-state index contributed by atoms with van der Waals surface area (Å²) in [5.41, 5.74) is 5.29. The Morgan fingerprint density at radius 2 is 1.59 bits per heavy atom. The second-order valence-electron chi connectivity index (χ2n) is 4.72. The molecule has 0 bridgehead atoms. The summed E-state index contributed by atoms with van der Waals surface area (Å²) in [5, 5.41) is 0. The first-order chi connectivity index (χ1) is 7.69. The number of hydrogen-bond donors (Lipinski definition) is 1. The summed E-state index contributed by atoms with van der Waals surface area (Å²) in [7, 11) is -0.226. The van der Waals surface area contributed by atoms with Gasteiger partial charge in [0.2, 0.25) is 0 Å². The first kappa shape index (κ1) is 16.8. The minimum atomic E-state index is -3.45. The van der Waals surface area contributed by atoms with Crippen molar-refractivity contribution in [3.63, 3.8) is 0 Å². The second-order valence-corrected chi connectivity index (χ2v) is 6.74. The lowest BCUT2D eigenvalue weighted by Gasteiger charge is -2.41. The van der Waals surface area contributed by atoms with Gasteiger partial charge in [-0.1, -0.05) is 13.8 Å². The monoisotopic (exact) mass is 265 g/mol. The predicted octanol–water partition coefficient (Wildman–Crippen LogP) is 1.02. The molecule has 0 aromatic heterocycles. The Morgan fingerprint density at radius 3 is 1.82 bits per heavy atom. The van der Waals surface area contributed by atoms with Crippen LogP contribution >= 0.6 is 0 Å². The average molecular weight is 265 g/mol. The average Bonchev–Trinajstić information content (AvgIpc) is 2.30. The summed E-state index contributed by atoms with van der Waals surface area (Å²) >= 11 is 0. The van der Waals surface area contributed by atoms with Gasteiger partial charge in [-0.3, -0.25) is 0 Å². The molecule has 0 aromatic carbocycles. The van der Waals surface area contributed by atoms with Crippen molar-refractivity contribution in [3.8, 4) is 0 Å². The van der Waals surface area contributed by atoms with Crippen LogP contribution in [0.4, 0.5) is 0 Å². The van der Waals surface area contributed by atoms with E-state index in [0.717, 1.165) is 0 Å². The fourth-order valence-corrected chi connectivity index (χ4v) is 3.56. The molecule has 0 radical (unpaired) electrons. The normalized spacial score (nSPS) is 14.0. The molecule has 17 heavy (non-hydrogen) atoms. The van der Waals surface area contributed by atoms with Crippen molar-refractivity contribution in [1.82, 2.24) is 8.61 Å². The van der Waals surface area contributed by atoms with Crippen LogP contribution < -0.4 is 5.73 Å². The SMILES string of the molecule is CCC(CC)(CN)N(C)S(=O)(=O)N(C)C(C)C. The smallest absolute Gasteiger partial charge is 0.282 e. The fraction of sp³-hybridized carbons (Fsp3) is 1.00. The lowest BCUT2D eigenvalue weighted by Crippen LogP contribution is -2.57. The van der Waals surface area contributed by atoms with E-state index < -0.39 is 15.7 Å². The van der Waals surface area contributed by atoms with Gasteiger partial charge in [-0.05, 0) is 26.7 Å². The number of nitrogens with two attached hydrogens (primary N) is 1. The van der Waals surface area contributed by atoms with Crippen LogP contribution in [0.25, 0.3) is 0 Å². The molecule has 6 heteroatoms. The summed E-state index contributed by atoms with van der Waals surface area (Å²) in [6, 6.07) is -0.0633. The van der Waals surface area contributed by atoms with Crippen molar-refractivity contribution in [2.75, 3.05) is 20.6 Å². The predicted molar refractivity (Wildman–Crippen MR) is 71.9 cm³/mol. The number of nitrogens with zero attached hydrogens (tertiary/aromatic N) is 2. The second kappa shape index (κ2) is 6.13. The van der Waals surface area contributed by atoms with Gasteiger partial charge in [-0.15, -0.1) is 0 Å². The Kier molecular flexibility index (Phi) is 6.07. The minimum absolute atomic E-state index is 0.0633. The van der Waals surface area contributed by atoms with Gasteiger partial charge in [-0.25, -0.2) is 0 Å². The first-order valence-electron chi connectivity index (χ1n) is 6.11. The molecule has 0 rings (SSSR count). The largest absolute Gasteiger partial charge is 0.329 e. The van der Waals surface area contributed by atoms with Crippen LogP contribution in [-0.2, 0) is 10.2 Å². The van der Waals surface area contributed by atoms with E-state index in [2.05, 4.69) is 0 Å². The van der Waals surface area contributed by atoms with Crippen molar-refractivity contribution in [2.45, 2.75) is 52.1 Å². The molecule has 0 aliphatic carbocycles. The maximum absolute atomic E-state index is 12.4. The zero-order chi connectivity index (χ0) is 13.9. The van der Waals surface area contributed by atoms with Crippen molar-refractivity contribution in [2.24, 2.45) is 5.73 Å². The van der Waals surface area contributed by atoms with Gasteiger partial charge in [0.05, 0.1) is 0 Å². The summed E-state index contributed by atoms with van der Waals surface area (Å²) in [4.78, 5) is 0. The van der Waals surface area contributed by atoms with Gasteiger partial charge in [0.25, 0.3) is 10.2 Å². The molecule has 104 valence electrons. The molecule has 0 fully saturated rings. The van der Waals surface area contributed by atoms with Crippen LogP contribution in [0.5, 0.6) is 0 Å². The van der Waals surface area contributed by atoms with Crippen molar-refractivity contribution in [3.05, 3.63) is 0 Å². The topological polar surface area (TPSA) is 66.6 Å². The highest BCUT2D eigenvalue weighted by atomic mass is 32.2. The lowest BCUT2D eigenvalue weighted by molar-refractivity contribution is 0.192. The highest BCUT2D eigenvalue weighted by molar-refractivity contribution is 7.86. The Labute approximate surface area is 106 Å². The van der Waals surface area contributed by atoms with Crippen LogP contribution in [0, 0.1) is 0 Å². The van der Waals surface area contributed by atoms with Crippen LogP contribution in [0.3, 0.4) is 0 Å². The van der Waals surface area contributed by atoms with Crippen LogP contribution in [0.1, 0.15) is 40.5 Å². The molecular weight excluding hydrogens is 238 g/mol. The first-order valence-corrected chi connectivity index (χ1v) is 7.51. The molecule has 0 saturated heterocycles. The molecule has 0 aromatic rings. The molecule has 0 atom stereocenters. The van der Waals surface area contributed by atoms with Crippen molar-refractivity contribution < 1.29 is 8.42 Å². The van der Waals surface area contributed by atoms with Crippen molar-refractivity contribution in [1.29, 1.82) is 0 Å². The standard InChI is InChI=1S/C11H27N3O2S/c1-7-11(8-2,9-12)14(6)17(15,16)13(5)10(3)4/h10H,7-9,12H2,1-6H3. The third-order valence-corrected chi connectivity index (χ3v) is 6.03. The maximum Gasteiger partial charge on any atom is 0.282 e. The lowest BCUT2D eigenvalue weighted by atomic mass is 9.93. The molecule has 0 unspecified atom stereocenters. The van der Waals surface area contributed by atoms with Crippen LogP contribution in [0.15, 0.2) is 0 Å². The van der Waals surface area contributed by atoms with E-state index in [1.54, 1.807) is 14.1 Å². The molecule has 0 amide bonds. The van der Waals surface area contributed by atoms with Gasteiger partial charge in [-0.2, -0.15) is 17.0 Å². The van der Waals surface area contributed by atoms with Gasteiger partial charge in [0, 0.05) is 32.2 Å². The van der Waals surface area contributed by atoms with Gasteiger partial charge in [0.15, 0.2) is 0 Å².